The van der Waals surface area contributed by atoms with Gasteiger partial charge in [-0.05, 0) is 37.1 Å². The first kappa shape index (κ1) is 18.8. The molecule has 8 heteroatoms. The molecule has 3 amide bonds. The van der Waals surface area contributed by atoms with Crippen LogP contribution in [0.5, 0.6) is 11.5 Å². The Morgan fingerprint density at radius 2 is 1.67 bits per heavy atom. The molecular weight excluding hydrogens is 370 g/mol. The van der Waals surface area contributed by atoms with Crippen molar-refractivity contribution in [2.45, 2.75) is 18.9 Å². The standard InChI is InChI=1S/C19H20ClN3O4/c1-26-16-10-15(17(27-2)9-14(16)20)23-18(24)11-3-5-12(6-4-11)21-19(25)22-13-7-8-13/h3-6,9-10,13H,7-8H2,1-2H3,(H,23,24)(H2,21,22,25). The molecule has 2 aromatic carbocycles. The summed E-state index contributed by atoms with van der Waals surface area (Å²) >= 11 is 6.07. The van der Waals surface area contributed by atoms with Crippen molar-refractivity contribution >= 4 is 34.9 Å². The van der Waals surface area contributed by atoms with E-state index in [0.29, 0.717) is 33.5 Å². The van der Waals surface area contributed by atoms with Crippen molar-refractivity contribution in [1.29, 1.82) is 0 Å². The van der Waals surface area contributed by atoms with Crippen molar-refractivity contribution < 1.29 is 19.1 Å². The molecule has 1 fully saturated rings. The first-order valence-electron chi connectivity index (χ1n) is 8.40. The molecule has 1 aliphatic carbocycles. The second kappa shape index (κ2) is 8.18. The summed E-state index contributed by atoms with van der Waals surface area (Å²) in [7, 11) is 2.98. The molecule has 1 saturated carbocycles. The van der Waals surface area contributed by atoms with Crippen molar-refractivity contribution in [2.75, 3.05) is 24.9 Å². The number of ether oxygens (including phenoxy) is 2. The number of anilines is 2. The van der Waals surface area contributed by atoms with Gasteiger partial charge in [-0.15, -0.1) is 0 Å². The Morgan fingerprint density at radius 1 is 1.00 bits per heavy atom. The summed E-state index contributed by atoms with van der Waals surface area (Å²) in [5.41, 5.74) is 1.48. The molecule has 7 nitrogen and oxygen atoms in total. The summed E-state index contributed by atoms with van der Waals surface area (Å²) in [6.45, 7) is 0. The minimum Gasteiger partial charge on any atom is -0.495 e. The number of nitrogens with one attached hydrogen (secondary N) is 3. The lowest BCUT2D eigenvalue weighted by Gasteiger charge is -2.13. The number of urea groups is 1. The molecule has 27 heavy (non-hydrogen) atoms. The molecule has 2 aromatic rings. The number of hydrogen-bond donors (Lipinski definition) is 3. The monoisotopic (exact) mass is 389 g/mol. The largest absolute Gasteiger partial charge is 0.495 e. The Hall–Kier alpha value is -2.93. The van der Waals surface area contributed by atoms with Gasteiger partial charge >= 0.3 is 6.03 Å². The maximum atomic E-state index is 12.5. The average molecular weight is 390 g/mol. The summed E-state index contributed by atoms with van der Waals surface area (Å²) in [6, 6.07) is 9.79. The number of hydrogen-bond acceptors (Lipinski definition) is 4. The lowest BCUT2D eigenvalue weighted by Crippen LogP contribution is -2.30. The van der Waals surface area contributed by atoms with Crippen molar-refractivity contribution in [2.24, 2.45) is 0 Å². The fraction of sp³-hybridized carbons (Fsp3) is 0.263. The maximum Gasteiger partial charge on any atom is 0.319 e. The van der Waals surface area contributed by atoms with Gasteiger partial charge in [0.25, 0.3) is 5.91 Å². The molecule has 0 spiro atoms. The van der Waals surface area contributed by atoms with Crippen molar-refractivity contribution in [3.05, 3.63) is 47.0 Å². The quantitative estimate of drug-likeness (QED) is 0.699. The SMILES string of the molecule is COc1cc(NC(=O)c2ccc(NC(=O)NC3CC3)cc2)c(OC)cc1Cl. The molecule has 0 aromatic heterocycles. The van der Waals surface area contributed by atoms with Gasteiger partial charge in [0, 0.05) is 29.4 Å². The van der Waals surface area contributed by atoms with Crippen LogP contribution in [0, 0.1) is 0 Å². The van der Waals surface area contributed by atoms with Crippen LogP contribution < -0.4 is 25.4 Å². The van der Waals surface area contributed by atoms with Crippen molar-refractivity contribution in [3.63, 3.8) is 0 Å². The number of benzene rings is 2. The minimum atomic E-state index is -0.327. The van der Waals surface area contributed by atoms with E-state index in [1.54, 1.807) is 36.4 Å². The maximum absolute atomic E-state index is 12.5. The zero-order chi connectivity index (χ0) is 19.4. The highest BCUT2D eigenvalue weighted by molar-refractivity contribution is 6.32. The third kappa shape index (κ3) is 4.83. The number of carbonyl (C=O) groups is 2. The van der Waals surface area contributed by atoms with Crippen LogP contribution in [-0.4, -0.2) is 32.2 Å². The van der Waals surface area contributed by atoms with Crippen LogP contribution >= 0.6 is 11.6 Å². The van der Waals surface area contributed by atoms with Gasteiger partial charge in [0.2, 0.25) is 0 Å². The van der Waals surface area contributed by atoms with Crippen LogP contribution in [0.2, 0.25) is 5.02 Å². The molecule has 0 bridgehead atoms. The first-order valence-corrected chi connectivity index (χ1v) is 8.78. The van der Waals surface area contributed by atoms with E-state index in [0.717, 1.165) is 12.8 Å². The summed E-state index contributed by atoms with van der Waals surface area (Å²) in [5, 5.41) is 8.72. The topological polar surface area (TPSA) is 88.7 Å². The van der Waals surface area contributed by atoms with Crippen LogP contribution in [0.3, 0.4) is 0 Å². The van der Waals surface area contributed by atoms with Gasteiger partial charge in [-0.3, -0.25) is 4.79 Å². The zero-order valence-corrected chi connectivity index (χ0v) is 15.7. The van der Waals surface area contributed by atoms with Crippen LogP contribution in [-0.2, 0) is 0 Å². The normalized spacial score (nSPS) is 12.9. The van der Waals surface area contributed by atoms with Gasteiger partial charge in [-0.2, -0.15) is 0 Å². The van der Waals surface area contributed by atoms with Crippen LogP contribution in [0.1, 0.15) is 23.2 Å². The van der Waals surface area contributed by atoms with E-state index in [1.807, 2.05) is 0 Å². The lowest BCUT2D eigenvalue weighted by molar-refractivity contribution is 0.102. The fourth-order valence-electron chi connectivity index (χ4n) is 2.44. The van der Waals surface area contributed by atoms with E-state index in [9.17, 15) is 9.59 Å². The molecule has 142 valence electrons. The van der Waals surface area contributed by atoms with E-state index in [4.69, 9.17) is 21.1 Å². The Morgan fingerprint density at radius 3 is 2.26 bits per heavy atom. The predicted octanol–water partition coefficient (Wildman–Crippen LogP) is 3.89. The molecular formula is C19H20ClN3O4. The van der Waals surface area contributed by atoms with Crippen molar-refractivity contribution in [3.8, 4) is 11.5 Å². The summed E-state index contributed by atoms with van der Waals surface area (Å²) < 4.78 is 10.4. The molecule has 3 rings (SSSR count). The number of amides is 3. The zero-order valence-electron chi connectivity index (χ0n) is 15.0. The van der Waals surface area contributed by atoms with Gasteiger partial charge in [0.15, 0.2) is 0 Å². The Labute approximate surface area is 162 Å². The predicted molar refractivity (Wildman–Crippen MR) is 104 cm³/mol. The van der Waals surface area contributed by atoms with Crippen LogP contribution in [0.15, 0.2) is 36.4 Å². The van der Waals surface area contributed by atoms with Gasteiger partial charge < -0.3 is 25.4 Å². The Bertz CT molecular complexity index is 851. The van der Waals surface area contributed by atoms with E-state index < -0.39 is 0 Å². The highest BCUT2D eigenvalue weighted by atomic mass is 35.5. The third-order valence-corrected chi connectivity index (χ3v) is 4.34. The van der Waals surface area contributed by atoms with Crippen molar-refractivity contribution in [1.82, 2.24) is 5.32 Å². The second-order valence-electron chi connectivity index (χ2n) is 6.09. The highest BCUT2D eigenvalue weighted by Gasteiger charge is 2.23. The third-order valence-electron chi connectivity index (χ3n) is 4.04. The highest BCUT2D eigenvalue weighted by Crippen LogP contribution is 2.36. The van der Waals surface area contributed by atoms with Gasteiger partial charge in [-0.25, -0.2) is 4.79 Å². The lowest BCUT2D eigenvalue weighted by atomic mass is 10.2. The van der Waals surface area contributed by atoms with Gasteiger partial charge in [0.05, 0.1) is 24.9 Å². The first-order chi connectivity index (χ1) is 13.0. The molecule has 3 N–H and O–H groups in total. The summed E-state index contributed by atoms with van der Waals surface area (Å²) in [5.74, 6) is 0.518. The molecule has 0 unspecified atom stereocenters. The fourth-order valence-corrected chi connectivity index (χ4v) is 2.67. The van der Waals surface area contributed by atoms with E-state index >= 15 is 0 Å². The molecule has 0 aliphatic heterocycles. The molecule has 0 saturated heterocycles. The van der Waals surface area contributed by atoms with E-state index in [1.165, 1.54) is 14.2 Å². The van der Waals surface area contributed by atoms with Crippen LogP contribution in [0.25, 0.3) is 0 Å². The average Bonchev–Trinajstić information content (AvgIpc) is 3.47. The Balaban J connectivity index is 1.68. The molecule has 0 heterocycles. The number of methoxy groups -OCH3 is 2. The number of carbonyl (C=O) groups excluding carboxylic acids is 2. The second-order valence-corrected chi connectivity index (χ2v) is 6.50. The van der Waals surface area contributed by atoms with E-state index in [2.05, 4.69) is 16.0 Å². The molecule has 0 atom stereocenters. The van der Waals surface area contributed by atoms with Crippen LogP contribution in [0.4, 0.5) is 16.2 Å². The number of halogens is 1. The minimum absolute atomic E-state index is 0.243. The summed E-state index contributed by atoms with van der Waals surface area (Å²) in [6.07, 6.45) is 2.04. The van der Waals surface area contributed by atoms with E-state index in [-0.39, 0.29) is 18.0 Å². The summed E-state index contributed by atoms with van der Waals surface area (Å²) in [4.78, 5) is 24.3. The molecule has 0 radical (unpaired) electrons. The Kier molecular flexibility index (Phi) is 5.71. The van der Waals surface area contributed by atoms with Gasteiger partial charge in [-0.1, -0.05) is 11.6 Å². The number of rotatable bonds is 6. The van der Waals surface area contributed by atoms with Gasteiger partial charge in [0.1, 0.15) is 11.5 Å². The smallest absolute Gasteiger partial charge is 0.319 e. The molecule has 1 aliphatic rings.